The minimum atomic E-state index is -1.03. The van der Waals surface area contributed by atoms with Crippen molar-refractivity contribution < 1.29 is 4.92 Å². The van der Waals surface area contributed by atoms with Crippen molar-refractivity contribution in [3.05, 3.63) is 45.5 Å². The van der Waals surface area contributed by atoms with E-state index in [4.69, 9.17) is 5.26 Å². The molecule has 18 heavy (non-hydrogen) atoms. The fourth-order valence-electron chi connectivity index (χ4n) is 2.07. The van der Waals surface area contributed by atoms with Gasteiger partial charge < -0.3 is 0 Å². The number of nitro groups is 1. The normalized spacial score (nSPS) is 14.6. The van der Waals surface area contributed by atoms with Crippen LogP contribution in [0.15, 0.2) is 24.3 Å². The molecule has 0 radical (unpaired) electrons. The molecule has 1 aromatic rings. The Bertz CT molecular complexity index is 486. The van der Waals surface area contributed by atoms with Crippen LogP contribution in [0.5, 0.6) is 0 Å². The van der Waals surface area contributed by atoms with Crippen LogP contribution in [0.4, 0.5) is 0 Å². The molecule has 4 heteroatoms. The molecule has 0 spiro atoms. The van der Waals surface area contributed by atoms with E-state index in [0.717, 1.165) is 5.56 Å². The van der Waals surface area contributed by atoms with Gasteiger partial charge in [-0.25, -0.2) is 0 Å². The number of hydrogen-bond donors (Lipinski definition) is 0. The summed E-state index contributed by atoms with van der Waals surface area (Å²) >= 11 is 0. The number of nitriles is 1. The van der Waals surface area contributed by atoms with Crippen molar-refractivity contribution in [2.75, 3.05) is 0 Å². The second-order valence-electron chi connectivity index (χ2n) is 5.20. The van der Waals surface area contributed by atoms with E-state index < -0.39 is 11.0 Å². The molecule has 0 aliphatic carbocycles. The van der Waals surface area contributed by atoms with Crippen molar-refractivity contribution in [3.8, 4) is 6.07 Å². The average molecular weight is 246 g/mol. The summed E-state index contributed by atoms with van der Waals surface area (Å²) in [5.41, 5.74) is -0.183. The molecule has 0 saturated heterocycles. The van der Waals surface area contributed by atoms with Crippen LogP contribution in [0.25, 0.3) is 0 Å². The largest absolute Gasteiger partial charge is 0.264 e. The first-order chi connectivity index (χ1) is 8.29. The highest BCUT2D eigenvalue weighted by Crippen LogP contribution is 2.39. The van der Waals surface area contributed by atoms with Crippen molar-refractivity contribution in [3.63, 3.8) is 0 Å². The minimum Gasteiger partial charge on any atom is -0.264 e. The van der Waals surface area contributed by atoms with Gasteiger partial charge in [0.2, 0.25) is 5.54 Å². The maximum atomic E-state index is 11.3. The lowest BCUT2D eigenvalue weighted by Gasteiger charge is -2.36. The van der Waals surface area contributed by atoms with E-state index in [9.17, 15) is 10.1 Å². The van der Waals surface area contributed by atoms with Gasteiger partial charge in [0.25, 0.3) is 0 Å². The van der Waals surface area contributed by atoms with Gasteiger partial charge in [-0.1, -0.05) is 19.1 Å². The van der Waals surface area contributed by atoms with E-state index in [1.54, 1.807) is 31.2 Å². The molecular weight excluding hydrogens is 228 g/mol. The lowest BCUT2D eigenvalue weighted by molar-refractivity contribution is -0.578. The van der Waals surface area contributed by atoms with Crippen molar-refractivity contribution >= 4 is 0 Å². The molecule has 0 aliphatic heterocycles. The maximum absolute atomic E-state index is 11.3. The van der Waals surface area contributed by atoms with Crippen molar-refractivity contribution in [2.45, 2.75) is 45.1 Å². The summed E-state index contributed by atoms with van der Waals surface area (Å²) in [7, 11) is 0. The van der Waals surface area contributed by atoms with Gasteiger partial charge in [-0.15, -0.1) is 0 Å². The highest BCUT2D eigenvalue weighted by molar-refractivity contribution is 5.36. The molecule has 0 bridgehead atoms. The van der Waals surface area contributed by atoms with Gasteiger partial charge in [-0.3, -0.25) is 10.1 Å². The Kier molecular flexibility index (Phi) is 3.76. The van der Waals surface area contributed by atoms with Crippen LogP contribution in [0, 0.1) is 21.4 Å². The topological polar surface area (TPSA) is 66.9 Å². The zero-order chi connectivity index (χ0) is 14.0. The van der Waals surface area contributed by atoms with Gasteiger partial charge in [0.1, 0.15) is 0 Å². The molecule has 0 saturated carbocycles. The molecule has 1 unspecified atom stereocenters. The second kappa shape index (κ2) is 4.77. The molecule has 1 atom stereocenters. The van der Waals surface area contributed by atoms with Crippen molar-refractivity contribution in [2.24, 2.45) is 0 Å². The summed E-state index contributed by atoms with van der Waals surface area (Å²) in [4.78, 5) is 11.1. The predicted molar refractivity (Wildman–Crippen MR) is 69.9 cm³/mol. The first-order valence-corrected chi connectivity index (χ1v) is 5.94. The number of rotatable bonds is 4. The van der Waals surface area contributed by atoms with Gasteiger partial charge >= 0.3 is 0 Å². The summed E-state index contributed by atoms with van der Waals surface area (Å²) in [6.45, 7) is 7.25. The first-order valence-electron chi connectivity index (χ1n) is 5.94. The number of benzene rings is 1. The highest BCUT2D eigenvalue weighted by atomic mass is 16.6. The Hall–Kier alpha value is -1.89. The molecule has 0 N–H and O–H groups in total. The molecule has 4 nitrogen and oxygen atoms in total. The van der Waals surface area contributed by atoms with Crippen molar-refractivity contribution in [1.82, 2.24) is 0 Å². The standard InChI is InChI=1S/C14H18N2O2/c1-5-14(4,16(17)18)13(2,3)12-8-6-11(10-15)7-9-12/h6-9H,5H2,1-4H3. The smallest absolute Gasteiger partial charge is 0.228 e. The summed E-state index contributed by atoms with van der Waals surface area (Å²) in [5, 5.41) is 20.1. The van der Waals surface area contributed by atoms with E-state index in [1.165, 1.54) is 0 Å². The molecule has 1 rings (SSSR count). The highest BCUT2D eigenvalue weighted by Gasteiger charge is 2.51. The van der Waals surface area contributed by atoms with E-state index >= 15 is 0 Å². The van der Waals surface area contributed by atoms with Crippen LogP contribution in [0.2, 0.25) is 0 Å². The maximum Gasteiger partial charge on any atom is 0.228 e. The second-order valence-corrected chi connectivity index (χ2v) is 5.20. The van der Waals surface area contributed by atoms with Crippen LogP contribution in [0.1, 0.15) is 45.2 Å². The fourth-order valence-corrected chi connectivity index (χ4v) is 2.07. The van der Waals surface area contributed by atoms with Crippen LogP contribution in [0.3, 0.4) is 0 Å². The molecule has 0 amide bonds. The molecular formula is C14H18N2O2. The molecule has 1 aromatic carbocycles. The van der Waals surface area contributed by atoms with Gasteiger partial charge in [0, 0.05) is 18.3 Å². The van der Waals surface area contributed by atoms with E-state index in [0.29, 0.717) is 12.0 Å². The number of hydrogen-bond acceptors (Lipinski definition) is 3. The number of nitrogens with zero attached hydrogens (tertiary/aromatic N) is 2. The SMILES string of the molecule is CCC(C)([N+](=O)[O-])C(C)(C)c1ccc(C#N)cc1. The predicted octanol–water partition coefficient (Wildman–Crippen LogP) is 3.28. The van der Waals surface area contributed by atoms with E-state index in [1.807, 2.05) is 26.8 Å². The Balaban J connectivity index is 3.27. The Morgan fingerprint density at radius 1 is 1.28 bits per heavy atom. The molecule has 0 aliphatic rings. The van der Waals surface area contributed by atoms with Gasteiger partial charge in [0.15, 0.2) is 0 Å². The summed E-state index contributed by atoms with van der Waals surface area (Å²) < 4.78 is 0. The van der Waals surface area contributed by atoms with E-state index in [2.05, 4.69) is 0 Å². The minimum absolute atomic E-state index is 0.203. The molecule has 96 valence electrons. The van der Waals surface area contributed by atoms with Crippen LogP contribution in [-0.2, 0) is 5.41 Å². The quantitative estimate of drug-likeness (QED) is 0.604. The lowest BCUT2D eigenvalue weighted by Crippen LogP contribution is -2.51. The van der Waals surface area contributed by atoms with Crippen LogP contribution < -0.4 is 0 Å². The monoisotopic (exact) mass is 246 g/mol. The summed E-state index contributed by atoms with van der Waals surface area (Å²) in [6, 6.07) is 9.05. The third-order valence-corrected chi connectivity index (χ3v) is 4.17. The third kappa shape index (κ3) is 2.08. The van der Waals surface area contributed by atoms with Crippen molar-refractivity contribution in [1.29, 1.82) is 5.26 Å². The summed E-state index contributed by atoms with van der Waals surface area (Å²) in [6.07, 6.45) is 0.451. The Morgan fingerprint density at radius 3 is 2.11 bits per heavy atom. The van der Waals surface area contributed by atoms with Gasteiger partial charge in [0.05, 0.1) is 17.0 Å². The average Bonchev–Trinajstić information content (AvgIpc) is 2.37. The van der Waals surface area contributed by atoms with Gasteiger partial charge in [-0.05, 0) is 31.5 Å². The zero-order valence-electron chi connectivity index (χ0n) is 11.2. The summed E-state index contributed by atoms with van der Waals surface area (Å²) in [5.74, 6) is 0. The molecule has 0 aromatic heterocycles. The van der Waals surface area contributed by atoms with Crippen LogP contribution in [-0.4, -0.2) is 10.5 Å². The zero-order valence-corrected chi connectivity index (χ0v) is 11.2. The first kappa shape index (κ1) is 14.2. The molecule has 0 fully saturated rings. The lowest BCUT2D eigenvalue weighted by atomic mass is 9.67. The Labute approximate surface area is 107 Å². The third-order valence-electron chi connectivity index (χ3n) is 4.17. The Morgan fingerprint density at radius 2 is 1.78 bits per heavy atom. The van der Waals surface area contributed by atoms with Crippen LogP contribution >= 0.6 is 0 Å². The van der Waals surface area contributed by atoms with E-state index in [-0.39, 0.29) is 4.92 Å². The fraction of sp³-hybridized carbons (Fsp3) is 0.500. The molecule has 0 heterocycles. The van der Waals surface area contributed by atoms with Gasteiger partial charge in [-0.2, -0.15) is 5.26 Å².